The highest BCUT2D eigenvalue weighted by atomic mass is 19.1. The number of amides is 2. The number of anilines is 1. The molecule has 2 aliphatic rings. The van der Waals surface area contributed by atoms with Gasteiger partial charge < -0.3 is 26.4 Å². The maximum atomic E-state index is 14.6. The maximum Gasteiger partial charge on any atom is 0.321 e. The highest BCUT2D eigenvalue weighted by Gasteiger charge is 2.52. The monoisotopic (exact) mass is 514 g/mol. The third-order valence-electron chi connectivity index (χ3n) is 7.28. The molecule has 6 nitrogen and oxygen atoms in total. The number of rotatable bonds is 4. The highest BCUT2D eigenvalue weighted by Crippen LogP contribution is 2.44. The van der Waals surface area contributed by atoms with Gasteiger partial charge in [0.15, 0.2) is 0 Å². The SMILES string of the molecule is NCc1cc(F)c(-c2ccc(C3(O)C4CNCC3CN(C(=O)Nc3cc(F)cc(F)c3)C4)cc2)c(F)c1. The van der Waals surface area contributed by atoms with Gasteiger partial charge in [0.05, 0.1) is 5.56 Å². The first-order chi connectivity index (χ1) is 17.7. The van der Waals surface area contributed by atoms with Crippen molar-refractivity contribution in [3.8, 4) is 11.1 Å². The van der Waals surface area contributed by atoms with Crippen molar-refractivity contribution in [3.05, 3.63) is 89.0 Å². The minimum Gasteiger partial charge on any atom is -0.384 e. The van der Waals surface area contributed by atoms with E-state index >= 15 is 0 Å². The molecule has 2 atom stereocenters. The number of carbonyl (C=O) groups is 1. The number of nitrogens with two attached hydrogens (primary N) is 1. The van der Waals surface area contributed by atoms with Gasteiger partial charge in [-0.25, -0.2) is 22.4 Å². The van der Waals surface area contributed by atoms with E-state index < -0.39 is 46.7 Å². The number of urea groups is 1. The molecule has 2 heterocycles. The fourth-order valence-electron chi connectivity index (χ4n) is 5.48. The molecule has 2 fully saturated rings. The van der Waals surface area contributed by atoms with Crippen molar-refractivity contribution in [2.45, 2.75) is 12.1 Å². The van der Waals surface area contributed by atoms with Crippen molar-refractivity contribution < 1.29 is 27.5 Å². The van der Waals surface area contributed by atoms with E-state index in [9.17, 15) is 27.5 Å². The van der Waals surface area contributed by atoms with E-state index in [0.717, 1.165) is 18.2 Å². The molecule has 2 aliphatic heterocycles. The van der Waals surface area contributed by atoms with Crippen LogP contribution in [0, 0.1) is 35.1 Å². The van der Waals surface area contributed by atoms with Gasteiger partial charge in [0.25, 0.3) is 0 Å². The molecule has 3 aromatic carbocycles. The maximum absolute atomic E-state index is 14.6. The van der Waals surface area contributed by atoms with Crippen LogP contribution in [0.4, 0.5) is 28.0 Å². The lowest BCUT2D eigenvalue weighted by atomic mass is 9.67. The van der Waals surface area contributed by atoms with Crippen LogP contribution in [0.2, 0.25) is 0 Å². The van der Waals surface area contributed by atoms with Crippen molar-refractivity contribution >= 4 is 11.7 Å². The van der Waals surface area contributed by atoms with Crippen LogP contribution in [0.15, 0.2) is 54.6 Å². The molecule has 3 aromatic rings. The summed E-state index contributed by atoms with van der Waals surface area (Å²) in [5, 5.41) is 17.7. The number of aliphatic hydroxyl groups is 1. The van der Waals surface area contributed by atoms with E-state index in [1.165, 1.54) is 17.0 Å². The zero-order valence-electron chi connectivity index (χ0n) is 19.8. The zero-order valence-corrected chi connectivity index (χ0v) is 19.8. The normalized spacial score (nSPS) is 23.1. The van der Waals surface area contributed by atoms with Gasteiger partial charge in [-0.05, 0) is 41.0 Å². The Morgan fingerprint density at radius 3 is 2.08 bits per heavy atom. The Kier molecular flexibility index (Phi) is 6.65. The zero-order chi connectivity index (χ0) is 26.3. The number of piperidine rings is 2. The number of halogens is 4. The number of fused-ring (bicyclic) bond motifs is 2. The lowest BCUT2D eigenvalue weighted by Gasteiger charge is -2.53. The van der Waals surface area contributed by atoms with Crippen molar-refractivity contribution in [1.82, 2.24) is 10.2 Å². The van der Waals surface area contributed by atoms with Crippen LogP contribution in [0.1, 0.15) is 11.1 Å². The van der Waals surface area contributed by atoms with Crippen LogP contribution in [0.25, 0.3) is 11.1 Å². The van der Waals surface area contributed by atoms with Crippen LogP contribution >= 0.6 is 0 Å². The Balaban J connectivity index is 1.37. The van der Waals surface area contributed by atoms with Gasteiger partial charge in [-0.15, -0.1) is 0 Å². The summed E-state index contributed by atoms with van der Waals surface area (Å²) < 4.78 is 56.2. The van der Waals surface area contributed by atoms with Gasteiger partial charge in [0.1, 0.15) is 28.9 Å². The van der Waals surface area contributed by atoms with E-state index in [0.29, 0.717) is 29.8 Å². The van der Waals surface area contributed by atoms with E-state index in [-0.39, 0.29) is 30.9 Å². The minimum atomic E-state index is -1.29. The second kappa shape index (κ2) is 9.77. The van der Waals surface area contributed by atoms with Crippen LogP contribution in [0.5, 0.6) is 0 Å². The highest BCUT2D eigenvalue weighted by molar-refractivity contribution is 5.89. The summed E-state index contributed by atoms with van der Waals surface area (Å²) in [5.41, 5.74) is 5.30. The van der Waals surface area contributed by atoms with Gasteiger partial charge in [0.2, 0.25) is 0 Å². The molecule has 10 heteroatoms. The van der Waals surface area contributed by atoms with E-state index in [4.69, 9.17) is 5.73 Å². The summed E-state index contributed by atoms with van der Waals surface area (Å²) in [6.07, 6.45) is 0. The summed E-state index contributed by atoms with van der Waals surface area (Å²) in [7, 11) is 0. The first kappa shape index (κ1) is 25.2. The molecule has 0 spiro atoms. The average Bonchev–Trinajstić information content (AvgIpc) is 2.83. The van der Waals surface area contributed by atoms with E-state index in [1.807, 2.05) is 0 Å². The van der Waals surface area contributed by atoms with E-state index in [1.54, 1.807) is 24.3 Å². The lowest BCUT2D eigenvalue weighted by molar-refractivity contribution is -0.129. The molecular weight excluding hydrogens is 488 g/mol. The minimum absolute atomic E-state index is 0.00108. The van der Waals surface area contributed by atoms with Crippen molar-refractivity contribution in [3.63, 3.8) is 0 Å². The molecule has 37 heavy (non-hydrogen) atoms. The van der Waals surface area contributed by atoms with Crippen molar-refractivity contribution in [1.29, 1.82) is 0 Å². The Morgan fingerprint density at radius 2 is 1.54 bits per heavy atom. The van der Waals surface area contributed by atoms with Gasteiger partial charge in [-0.2, -0.15) is 0 Å². The summed E-state index contributed by atoms with van der Waals surface area (Å²) in [5.74, 6) is -3.82. The number of nitrogens with zero attached hydrogens (tertiary/aromatic N) is 1. The largest absolute Gasteiger partial charge is 0.384 e. The first-order valence-electron chi connectivity index (χ1n) is 11.9. The van der Waals surface area contributed by atoms with Gasteiger partial charge in [-0.1, -0.05) is 24.3 Å². The van der Waals surface area contributed by atoms with E-state index in [2.05, 4.69) is 10.6 Å². The molecular formula is C27H26F4N4O2. The summed E-state index contributed by atoms with van der Waals surface area (Å²) in [6, 6.07) is 11.1. The van der Waals surface area contributed by atoms with Crippen LogP contribution < -0.4 is 16.4 Å². The Hall–Kier alpha value is -3.47. The number of carbonyl (C=O) groups excluding carboxylic acids is 1. The molecule has 0 aliphatic carbocycles. The molecule has 5 rings (SSSR count). The summed E-state index contributed by atoms with van der Waals surface area (Å²) in [6.45, 7) is 1.25. The lowest BCUT2D eigenvalue weighted by Crippen LogP contribution is -2.65. The fourth-order valence-corrected chi connectivity index (χ4v) is 5.48. The molecule has 0 radical (unpaired) electrons. The molecule has 0 saturated carbocycles. The van der Waals surface area contributed by atoms with Crippen molar-refractivity contribution in [2.75, 3.05) is 31.5 Å². The second-order valence-electron chi connectivity index (χ2n) is 9.59. The van der Waals surface area contributed by atoms with Crippen LogP contribution in [-0.2, 0) is 12.1 Å². The molecule has 0 aromatic heterocycles. The standard InChI is InChI=1S/C27H26F4N4O2/c28-20-7-21(29)9-22(8-20)34-26(36)35-13-18-11-33-12-19(14-35)27(18,37)17-3-1-16(2-4-17)25-23(30)5-15(10-32)6-24(25)31/h1-9,18-19,33,37H,10-14,32H2,(H,34,36). The topological polar surface area (TPSA) is 90.6 Å². The Labute approximate surface area is 211 Å². The molecule has 2 unspecified atom stereocenters. The first-order valence-corrected chi connectivity index (χ1v) is 11.9. The average molecular weight is 515 g/mol. The van der Waals surface area contributed by atoms with Crippen molar-refractivity contribution in [2.24, 2.45) is 17.6 Å². The predicted octanol–water partition coefficient (Wildman–Crippen LogP) is 3.94. The molecule has 2 bridgehead atoms. The fraction of sp³-hybridized carbons (Fsp3) is 0.296. The third kappa shape index (κ3) is 4.68. The number of hydrogen-bond donors (Lipinski definition) is 4. The van der Waals surface area contributed by atoms with Crippen LogP contribution in [-0.4, -0.2) is 42.2 Å². The number of nitrogens with one attached hydrogen (secondary N) is 2. The molecule has 194 valence electrons. The second-order valence-corrected chi connectivity index (χ2v) is 9.59. The summed E-state index contributed by atoms with van der Waals surface area (Å²) >= 11 is 0. The molecule has 2 saturated heterocycles. The van der Waals surface area contributed by atoms with Gasteiger partial charge in [-0.3, -0.25) is 0 Å². The number of benzene rings is 3. The van der Waals surface area contributed by atoms with Gasteiger partial charge in [0, 0.05) is 56.3 Å². The Morgan fingerprint density at radius 1 is 0.973 bits per heavy atom. The van der Waals surface area contributed by atoms with Gasteiger partial charge >= 0.3 is 6.03 Å². The number of hydrogen-bond acceptors (Lipinski definition) is 4. The number of likely N-dealkylation sites (tertiary alicyclic amines) is 1. The Bertz CT molecular complexity index is 1280. The smallest absolute Gasteiger partial charge is 0.321 e. The quantitative estimate of drug-likeness (QED) is 0.397. The molecule has 2 amide bonds. The molecule has 5 N–H and O–H groups in total. The predicted molar refractivity (Wildman–Crippen MR) is 130 cm³/mol. The van der Waals surface area contributed by atoms with Crippen LogP contribution in [0.3, 0.4) is 0 Å². The third-order valence-corrected chi connectivity index (χ3v) is 7.28. The summed E-state index contributed by atoms with van der Waals surface area (Å²) in [4.78, 5) is 14.4.